The van der Waals surface area contributed by atoms with Crippen molar-refractivity contribution >= 4 is 5.91 Å². The van der Waals surface area contributed by atoms with Crippen molar-refractivity contribution in [3.8, 4) is 0 Å². The van der Waals surface area contributed by atoms with Crippen LogP contribution in [0, 0.1) is 17.8 Å². The number of piperidine rings is 1. The van der Waals surface area contributed by atoms with Crippen LogP contribution in [-0.2, 0) is 16.0 Å². The van der Waals surface area contributed by atoms with Gasteiger partial charge in [-0.1, -0.05) is 30.3 Å². The number of amides is 1. The molecule has 1 amide bonds. The Hall–Kier alpha value is -1.39. The van der Waals surface area contributed by atoms with Gasteiger partial charge in [-0.3, -0.25) is 4.79 Å². The number of nitrogens with zero attached hydrogens (tertiary/aromatic N) is 1. The molecule has 1 N–H and O–H groups in total. The molecular weight excluding hydrogens is 314 g/mol. The normalized spacial score (nSPS) is 32.3. The van der Waals surface area contributed by atoms with Gasteiger partial charge in [-0.2, -0.15) is 0 Å². The summed E-state index contributed by atoms with van der Waals surface area (Å²) in [5.74, 6) is 1.41. The van der Waals surface area contributed by atoms with Crippen LogP contribution in [0.4, 0.5) is 0 Å². The number of aliphatic hydroxyl groups excluding tert-OH is 1. The van der Waals surface area contributed by atoms with Gasteiger partial charge in [0.1, 0.15) is 0 Å². The molecule has 0 bridgehead atoms. The van der Waals surface area contributed by atoms with Gasteiger partial charge in [0, 0.05) is 31.5 Å². The highest BCUT2D eigenvalue weighted by Crippen LogP contribution is 2.34. The lowest BCUT2D eigenvalue weighted by atomic mass is 9.80. The summed E-state index contributed by atoms with van der Waals surface area (Å²) in [4.78, 5) is 14.7. The van der Waals surface area contributed by atoms with E-state index in [1.165, 1.54) is 18.4 Å². The Labute approximate surface area is 150 Å². The van der Waals surface area contributed by atoms with Crippen molar-refractivity contribution in [1.82, 2.24) is 4.90 Å². The van der Waals surface area contributed by atoms with Crippen LogP contribution in [0.5, 0.6) is 0 Å². The monoisotopic (exact) mass is 343 g/mol. The third-order valence-corrected chi connectivity index (χ3v) is 6.02. The summed E-state index contributed by atoms with van der Waals surface area (Å²) in [7, 11) is 0. The number of rotatable bonds is 6. The Bertz CT molecular complexity index is 580. The maximum Gasteiger partial charge on any atom is 0.225 e. The van der Waals surface area contributed by atoms with E-state index in [2.05, 4.69) is 24.3 Å². The van der Waals surface area contributed by atoms with Gasteiger partial charge in [0.25, 0.3) is 0 Å². The van der Waals surface area contributed by atoms with E-state index in [1.807, 2.05) is 11.0 Å². The van der Waals surface area contributed by atoms with Crippen molar-refractivity contribution in [2.75, 3.05) is 19.7 Å². The lowest BCUT2D eigenvalue weighted by molar-refractivity contribution is -0.147. The predicted molar refractivity (Wildman–Crippen MR) is 96.0 cm³/mol. The van der Waals surface area contributed by atoms with Crippen LogP contribution in [0.2, 0.25) is 0 Å². The Morgan fingerprint density at radius 3 is 2.60 bits per heavy atom. The molecule has 136 valence electrons. The number of likely N-dealkylation sites (tertiary alicyclic amines) is 1. The maximum absolute atomic E-state index is 12.7. The van der Waals surface area contributed by atoms with Crippen molar-refractivity contribution in [3.63, 3.8) is 0 Å². The summed E-state index contributed by atoms with van der Waals surface area (Å²) >= 11 is 0. The zero-order valence-corrected chi connectivity index (χ0v) is 14.8. The molecule has 2 atom stereocenters. The Morgan fingerprint density at radius 1 is 1.16 bits per heavy atom. The number of hydrogen-bond donors (Lipinski definition) is 1. The van der Waals surface area contributed by atoms with E-state index in [9.17, 15) is 9.90 Å². The Balaban J connectivity index is 1.39. The summed E-state index contributed by atoms with van der Waals surface area (Å²) in [6, 6.07) is 10.5. The average molecular weight is 343 g/mol. The van der Waals surface area contributed by atoms with Crippen LogP contribution in [-0.4, -0.2) is 47.8 Å². The molecule has 3 fully saturated rings. The largest absolute Gasteiger partial charge is 0.393 e. The summed E-state index contributed by atoms with van der Waals surface area (Å²) in [5, 5.41) is 9.49. The minimum Gasteiger partial charge on any atom is -0.393 e. The second-order valence-corrected chi connectivity index (χ2v) is 8.16. The van der Waals surface area contributed by atoms with E-state index >= 15 is 0 Å². The molecule has 1 saturated heterocycles. The van der Waals surface area contributed by atoms with Gasteiger partial charge in [0.05, 0.1) is 12.2 Å². The SMILES string of the molecule is O=C(C1CC(O)C1)N1CC[C@@H](OCC2CC2)[C@H](Cc2ccccc2)C1. The van der Waals surface area contributed by atoms with Crippen molar-refractivity contribution < 1.29 is 14.6 Å². The lowest BCUT2D eigenvalue weighted by Gasteiger charge is -2.42. The van der Waals surface area contributed by atoms with Crippen LogP contribution >= 0.6 is 0 Å². The Morgan fingerprint density at radius 2 is 1.92 bits per heavy atom. The number of carbonyl (C=O) groups excluding carboxylic acids is 1. The van der Waals surface area contributed by atoms with E-state index in [4.69, 9.17) is 4.74 Å². The van der Waals surface area contributed by atoms with Crippen molar-refractivity contribution in [3.05, 3.63) is 35.9 Å². The van der Waals surface area contributed by atoms with Gasteiger partial charge < -0.3 is 14.7 Å². The third-order valence-electron chi connectivity index (χ3n) is 6.02. The summed E-state index contributed by atoms with van der Waals surface area (Å²) < 4.78 is 6.26. The molecule has 0 unspecified atom stereocenters. The van der Waals surface area contributed by atoms with E-state index < -0.39 is 0 Å². The highest BCUT2D eigenvalue weighted by Gasteiger charge is 2.39. The molecule has 0 spiro atoms. The van der Waals surface area contributed by atoms with Crippen LogP contribution in [0.15, 0.2) is 30.3 Å². The average Bonchev–Trinajstić information content (AvgIpc) is 3.42. The highest BCUT2D eigenvalue weighted by atomic mass is 16.5. The zero-order valence-electron chi connectivity index (χ0n) is 14.8. The van der Waals surface area contributed by atoms with Crippen LogP contribution < -0.4 is 0 Å². The molecule has 25 heavy (non-hydrogen) atoms. The molecular formula is C21H29NO3. The van der Waals surface area contributed by atoms with Crippen molar-refractivity contribution in [2.45, 2.75) is 50.7 Å². The van der Waals surface area contributed by atoms with E-state index in [0.29, 0.717) is 18.8 Å². The van der Waals surface area contributed by atoms with E-state index in [0.717, 1.165) is 38.5 Å². The standard InChI is InChI=1S/C21H29NO3/c23-19-11-17(12-19)21(24)22-9-8-20(25-14-16-6-7-16)18(13-22)10-15-4-2-1-3-5-15/h1-5,16-20,23H,6-14H2/t17?,18-,19?,20-/m1/s1. The lowest BCUT2D eigenvalue weighted by Crippen LogP contribution is -2.51. The number of carbonyl (C=O) groups is 1. The molecule has 4 heteroatoms. The van der Waals surface area contributed by atoms with Gasteiger partial charge in [0.15, 0.2) is 0 Å². The van der Waals surface area contributed by atoms with Gasteiger partial charge in [-0.15, -0.1) is 0 Å². The fourth-order valence-electron chi connectivity index (χ4n) is 4.13. The van der Waals surface area contributed by atoms with Crippen LogP contribution in [0.25, 0.3) is 0 Å². The fourth-order valence-corrected chi connectivity index (χ4v) is 4.13. The van der Waals surface area contributed by atoms with Gasteiger partial charge in [0.2, 0.25) is 5.91 Å². The fraction of sp³-hybridized carbons (Fsp3) is 0.667. The second kappa shape index (κ2) is 7.46. The molecule has 0 radical (unpaired) electrons. The molecule has 0 aromatic heterocycles. The van der Waals surface area contributed by atoms with E-state index in [-0.39, 0.29) is 24.0 Å². The summed E-state index contributed by atoms with van der Waals surface area (Å²) in [5.41, 5.74) is 1.32. The molecule has 1 aromatic carbocycles. The molecule has 4 nitrogen and oxygen atoms in total. The quantitative estimate of drug-likeness (QED) is 0.864. The predicted octanol–water partition coefficient (Wildman–Crippen LogP) is 2.64. The van der Waals surface area contributed by atoms with Gasteiger partial charge in [-0.25, -0.2) is 0 Å². The van der Waals surface area contributed by atoms with Crippen molar-refractivity contribution in [2.24, 2.45) is 17.8 Å². The molecule has 1 aromatic rings. The first-order valence-electron chi connectivity index (χ1n) is 9.81. The van der Waals surface area contributed by atoms with Crippen LogP contribution in [0.3, 0.4) is 0 Å². The van der Waals surface area contributed by atoms with E-state index in [1.54, 1.807) is 0 Å². The summed E-state index contributed by atoms with van der Waals surface area (Å²) in [6.07, 6.45) is 5.79. The van der Waals surface area contributed by atoms with Crippen LogP contribution in [0.1, 0.15) is 37.7 Å². The molecule has 3 aliphatic rings. The topological polar surface area (TPSA) is 49.8 Å². The number of aliphatic hydroxyl groups is 1. The molecule has 2 aliphatic carbocycles. The van der Waals surface area contributed by atoms with Crippen molar-refractivity contribution in [1.29, 1.82) is 0 Å². The first kappa shape index (κ1) is 17.0. The smallest absolute Gasteiger partial charge is 0.225 e. The number of ether oxygens (including phenoxy) is 1. The minimum atomic E-state index is -0.270. The molecule has 2 saturated carbocycles. The highest BCUT2D eigenvalue weighted by molar-refractivity contribution is 5.80. The van der Waals surface area contributed by atoms with Gasteiger partial charge >= 0.3 is 0 Å². The molecule has 1 aliphatic heterocycles. The molecule has 4 rings (SSSR count). The maximum atomic E-state index is 12.7. The number of hydrogen-bond acceptors (Lipinski definition) is 3. The third kappa shape index (κ3) is 4.24. The number of benzene rings is 1. The first-order valence-corrected chi connectivity index (χ1v) is 9.81. The minimum absolute atomic E-state index is 0.0382. The second-order valence-electron chi connectivity index (χ2n) is 8.16. The zero-order chi connectivity index (χ0) is 17.2. The van der Waals surface area contributed by atoms with Gasteiger partial charge in [-0.05, 0) is 50.0 Å². The summed E-state index contributed by atoms with van der Waals surface area (Å²) in [6.45, 7) is 2.47. The first-order chi connectivity index (χ1) is 12.2. The Kier molecular flexibility index (Phi) is 5.09. The molecule has 1 heterocycles.